The lowest BCUT2D eigenvalue weighted by molar-refractivity contribution is 0.626. The maximum atomic E-state index is 4.55. The highest BCUT2D eigenvalue weighted by Gasteiger charge is 2.18. The van der Waals surface area contributed by atoms with Gasteiger partial charge in [-0.25, -0.2) is 0 Å². The average molecular weight is 372 g/mol. The van der Waals surface area contributed by atoms with Gasteiger partial charge in [0.25, 0.3) is 0 Å². The molecule has 2 aromatic heterocycles. The van der Waals surface area contributed by atoms with Gasteiger partial charge in [0.1, 0.15) is 0 Å². The van der Waals surface area contributed by atoms with Crippen LogP contribution in [-0.4, -0.2) is 14.8 Å². The summed E-state index contributed by atoms with van der Waals surface area (Å²) in [4.78, 5) is 1.39. The molecule has 2 heterocycles. The molecule has 0 fully saturated rings. The lowest BCUT2D eigenvalue weighted by Gasteiger charge is -2.09. The standard InChI is InChI=1S/C20H25N3S2/c1-5-11-23-19(18-13-24-15(4)17(18)6-2)21-22-20(23)25-12-16-9-7-14(3)8-10-16/h7-10,13H,5-6,11-12H2,1-4H3. The number of thioether (sulfide) groups is 1. The highest BCUT2D eigenvalue weighted by molar-refractivity contribution is 7.98. The molecule has 0 N–H and O–H groups in total. The highest BCUT2D eigenvalue weighted by Crippen LogP contribution is 2.33. The van der Waals surface area contributed by atoms with Crippen LogP contribution in [0.2, 0.25) is 0 Å². The van der Waals surface area contributed by atoms with Crippen LogP contribution in [0.3, 0.4) is 0 Å². The summed E-state index contributed by atoms with van der Waals surface area (Å²) in [6.45, 7) is 9.69. The van der Waals surface area contributed by atoms with Gasteiger partial charge in [0.05, 0.1) is 0 Å². The van der Waals surface area contributed by atoms with Crippen LogP contribution in [0.15, 0.2) is 34.8 Å². The number of hydrogen-bond acceptors (Lipinski definition) is 4. The quantitative estimate of drug-likeness (QED) is 0.485. The minimum atomic E-state index is 0.922. The van der Waals surface area contributed by atoms with Crippen molar-refractivity contribution in [2.24, 2.45) is 0 Å². The molecular weight excluding hydrogens is 346 g/mol. The molecule has 0 aliphatic rings. The van der Waals surface area contributed by atoms with Gasteiger partial charge < -0.3 is 4.57 Å². The third-order valence-corrected chi connectivity index (χ3v) is 6.34. The van der Waals surface area contributed by atoms with E-state index >= 15 is 0 Å². The fraction of sp³-hybridized carbons (Fsp3) is 0.400. The molecule has 0 bridgehead atoms. The molecule has 132 valence electrons. The first-order chi connectivity index (χ1) is 12.1. The van der Waals surface area contributed by atoms with Gasteiger partial charge in [-0.05, 0) is 37.8 Å². The zero-order valence-electron chi connectivity index (χ0n) is 15.4. The van der Waals surface area contributed by atoms with Crippen LogP contribution >= 0.6 is 23.1 Å². The van der Waals surface area contributed by atoms with Crippen molar-refractivity contribution < 1.29 is 0 Å². The summed E-state index contributed by atoms with van der Waals surface area (Å²) in [5.74, 6) is 1.94. The summed E-state index contributed by atoms with van der Waals surface area (Å²) in [7, 11) is 0. The zero-order chi connectivity index (χ0) is 17.8. The Labute approximate surface area is 158 Å². The lowest BCUT2D eigenvalue weighted by atomic mass is 10.1. The van der Waals surface area contributed by atoms with Crippen molar-refractivity contribution in [2.75, 3.05) is 0 Å². The van der Waals surface area contributed by atoms with Gasteiger partial charge in [0, 0.05) is 28.1 Å². The molecular formula is C20H25N3S2. The number of rotatable bonds is 7. The van der Waals surface area contributed by atoms with E-state index in [1.165, 1.54) is 27.1 Å². The third-order valence-electron chi connectivity index (χ3n) is 4.35. The predicted molar refractivity (Wildman–Crippen MR) is 108 cm³/mol. The topological polar surface area (TPSA) is 30.7 Å². The summed E-state index contributed by atoms with van der Waals surface area (Å²) >= 11 is 3.58. The zero-order valence-corrected chi connectivity index (χ0v) is 17.0. The van der Waals surface area contributed by atoms with E-state index in [0.29, 0.717) is 0 Å². The summed E-state index contributed by atoms with van der Waals surface area (Å²) in [5, 5.41) is 12.3. The van der Waals surface area contributed by atoms with Crippen LogP contribution in [0.4, 0.5) is 0 Å². The van der Waals surface area contributed by atoms with Crippen molar-refractivity contribution in [2.45, 2.75) is 58.0 Å². The molecule has 25 heavy (non-hydrogen) atoms. The van der Waals surface area contributed by atoms with Crippen LogP contribution in [-0.2, 0) is 18.7 Å². The van der Waals surface area contributed by atoms with Gasteiger partial charge in [0.2, 0.25) is 0 Å². The van der Waals surface area contributed by atoms with E-state index in [2.05, 4.69) is 72.1 Å². The van der Waals surface area contributed by atoms with Crippen molar-refractivity contribution in [1.82, 2.24) is 14.8 Å². The minimum Gasteiger partial charge on any atom is -0.302 e. The van der Waals surface area contributed by atoms with Gasteiger partial charge in [-0.1, -0.05) is 55.4 Å². The van der Waals surface area contributed by atoms with E-state index in [1.54, 1.807) is 11.8 Å². The second-order valence-electron chi connectivity index (χ2n) is 6.27. The molecule has 1 aromatic carbocycles. The number of aryl methyl sites for hydroxylation is 2. The first kappa shape index (κ1) is 18.2. The fourth-order valence-corrected chi connectivity index (χ4v) is 4.82. The molecule has 3 aromatic rings. The van der Waals surface area contributed by atoms with Crippen LogP contribution in [0.25, 0.3) is 11.4 Å². The molecule has 0 saturated carbocycles. The van der Waals surface area contributed by atoms with Crippen molar-refractivity contribution >= 4 is 23.1 Å². The Morgan fingerprint density at radius 3 is 2.52 bits per heavy atom. The Kier molecular flexibility index (Phi) is 5.97. The first-order valence-corrected chi connectivity index (χ1v) is 10.7. The Hall–Kier alpha value is -1.59. The van der Waals surface area contributed by atoms with Crippen molar-refractivity contribution in [3.8, 4) is 11.4 Å². The Morgan fingerprint density at radius 1 is 1.08 bits per heavy atom. The molecule has 3 rings (SSSR count). The molecule has 5 heteroatoms. The monoisotopic (exact) mass is 371 g/mol. The van der Waals surface area contributed by atoms with E-state index in [4.69, 9.17) is 0 Å². The molecule has 0 aliphatic carbocycles. The number of nitrogens with zero attached hydrogens (tertiary/aromatic N) is 3. The van der Waals surface area contributed by atoms with Crippen LogP contribution in [0.5, 0.6) is 0 Å². The maximum absolute atomic E-state index is 4.55. The fourth-order valence-electron chi connectivity index (χ4n) is 2.96. The first-order valence-electron chi connectivity index (χ1n) is 8.82. The molecule has 0 saturated heterocycles. The van der Waals surface area contributed by atoms with Gasteiger partial charge in [0.15, 0.2) is 11.0 Å². The van der Waals surface area contributed by atoms with Crippen molar-refractivity contribution in [1.29, 1.82) is 0 Å². The van der Waals surface area contributed by atoms with Crippen molar-refractivity contribution in [3.63, 3.8) is 0 Å². The molecule has 0 unspecified atom stereocenters. The third kappa shape index (κ3) is 3.98. The van der Waals surface area contributed by atoms with Crippen LogP contribution in [0.1, 0.15) is 41.8 Å². The summed E-state index contributed by atoms with van der Waals surface area (Å²) in [6, 6.07) is 8.72. The molecule has 0 atom stereocenters. The largest absolute Gasteiger partial charge is 0.302 e. The molecule has 0 amide bonds. The number of thiophene rings is 1. The molecule has 3 nitrogen and oxygen atoms in total. The van der Waals surface area contributed by atoms with E-state index in [0.717, 1.165) is 36.1 Å². The minimum absolute atomic E-state index is 0.922. The smallest absolute Gasteiger partial charge is 0.191 e. The van der Waals surface area contributed by atoms with Gasteiger partial charge in [-0.15, -0.1) is 21.5 Å². The van der Waals surface area contributed by atoms with E-state index in [9.17, 15) is 0 Å². The SMILES string of the molecule is CCCn1c(SCc2ccc(C)cc2)nnc1-c1csc(C)c1CC. The lowest BCUT2D eigenvalue weighted by Crippen LogP contribution is -2.02. The van der Waals surface area contributed by atoms with Crippen LogP contribution < -0.4 is 0 Å². The highest BCUT2D eigenvalue weighted by atomic mass is 32.2. The average Bonchev–Trinajstić information content (AvgIpc) is 3.17. The molecule has 0 spiro atoms. The number of aromatic nitrogens is 3. The van der Waals surface area contributed by atoms with E-state index in [1.807, 2.05) is 11.3 Å². The Bertz CT molecular complexity index is 831. The van der Waals surface area contributed by atoms with E-state index < -0.39 is 0 Å². The Balaban J connectivity index is 1.87. The van der Waals surface area contributed by atoms with Gasteiger partial charge in [-0.3, -0.25) is 0 Å². The summed E-state index contributed by atoms with van der Waals surface area (Å²) in [5.41, 5.74) is 5.28. The number of hydrogen-bond donors (Lipinski definition) is 0. The number of benzene rings is 1. The van der Waals surface area contributed by atoms with Crippen LogP contribution in [0, 0.1) is 13.8 Å². The van der Waals surface area contributed by atoms with E-state index in [-0.39, 0.29) is 0 Å². The Morgan fingerprint density at radius 2 is 1.84 bits per heavy atom. The summed E-state index contributed by atoms with van der Waals surface area (Å²) < 4.78 is 2.29. The predicted octanol–water partition coefficient (Wildman–Crippen LogP) is 5.89. The second kappa shape index (κ2) is 8.19. The van der Waals surface area contributed by atoms with Gasteiger partial charge >= 0.3 is 0 Å². The van der Waals surface area contributed by atoms with Crippen molar-refractivity contribution in [3.05, 3.63) is 51.2 Å². The summed E-state index contributed by atoms with van der Waals surface area (Å²) in [6.07, 6.45) is 2.11. The molecule has 0 aliphatic heterocycles. The maximum Gasteiger partial charge on any atom is 0.191 e. The molecule has 0 radical (unpaired) electrons. The second-order valence-corrected chi connectivity index (χ2v) is 8.30. The van der Waals surface area contributed by atoms with Gasteiger partial charge in [-0.2, -0.15) is 0 Å². The normalized spacial score (nSPS) is 11.2.